The van der Waals surface area contributed by atoms with Crippen molar-refractivity contribution in [2.75, 3.05) is 11.9 Å². The predicted octanol–water partition coefficient (Wildman–Crippen LogP) is 2.71. The minimum absolute atomic E-state index is 0.0329. The van der Waals surface area contributed by atoms with E-state index in [0.29, 0.717) is 0 Å². The Morgan fingerprint density at radius 2 is 1.86 bits per heavy atom. The number of hydrazone groups is 1. The van der Waals surface area contributed by atoms with Gasteiger partial charge in [-0.25, -0.2) is 0 Å². The number of nitrogens with zero attached hydrogens (tertiary/aromatic N) is 2. The van der Waals surface area contributed by atoms with E-state index in [1.807, 2.05) is 49.5 Å². The van der Waals surface area contributed by atoms with Crippen molar-refractivity contribution in [1.82, 2.24) is 5.43 Å². The second kappa shape index (κ2) is 4.88. The Morgan fingerprint density at radius 3 is 2.68 bits per heavy atom. The quantitative estimate of drug-likeness (QED) is 0.927. The normalized spacial score (nSPS) is 22.7. The summed E-state index contributed by atoms with van der Waals surface area (Å²) in [5.41, 5.74) is 6.23. The van der Waals surface area contributed by atoms with Crippen molar-refractivity contribution < 1.29 is 4.79 Å². The molecule has 2 heterocycles. The minimum Gasteiger partial charge on any atom is -0.312 e. The van der Waals surface area contributed by atoms with Gasteiger partial charge in [0.2, 0.25) is 4.87 Å². The van der Waals surface area contributed by atoms with Crippen molar-refractivity contribution in [1.29, 1.82) is 0 Å². The van der Waals surface area contributed by atoms with Gasteiger partial charge in [-0.2, -0.15) is 5.10 Å². The molecule has 4 nitrogen and oxygen atoms in total. The molecule has 2 aromatic carbocycles. The number of anilines is 1. The molecule has 2 aliphatic heterocycles. The molecule has 0 saturated carbocycles. The Balaban J connectivity index is 1.64. The van der Waals surface area contributed by atoms with Crippen LogP contribution in [0.3, 0.4) is 0 Å². The molecule has 110 valence electrons. The van der Waals surface area contributed by atoms with Crippen molar-refractivity contribution in [2.24, 2.45) is 5.10 Å². The number of para-hydroxylation sites is 1. The number of likely N-dealkylation sites (N-methyl/N-ethyl adjacent to an activating group) is 1. The summed E-state index contributed by atoms with van der Waals surface area (Å²) in [5.74, 6) is 0.0329. The highest BCUT2D eigenvalue weighted by atomic mass is 32.2. The van der Waals surface area contributed by atoms with Crippen molar-refractivity contribution >= 4 is 28.4 Å². The third-order valence-electron chi connectivity index (χ3n) is 4.06. The smallest absolute Gasteiger partial charge is 0.269 e. The standard InChI is InChI=1S/C17H15N3OS/c1-20-14-10-6-5-9-13(14)17(16(20)21)19-18-15(22-17)11-12-7-3-2-4-8-12/h2-10,19H,11H2,1H3/t17-/m1/s1. The molecule has 0 aromatic heterocycles. The van der Waals surface area contributed by atoms with Crippen LogP contribution in [-0.4, -0.2) is 18.0 Å². The number of fused-ring (bicyclic) bond motifs is 2. The molecule has 1 spiro atoms. The SMILES string of the molecule is CN1C(=O)[C@@]2(NN=C(Cc3ccccc3)S2)c2ccccc21. The first-order chi connectivity index (χ1) is 10.7. The number of carbonyl (C=O) groups is 1. The van der Waals surface area contributed by atoms with Gasteiger partial charge in [-0.05, 0) is 11.6 Å². The number of amides is 1. The van der Waals surface area contributed by atoms with Crippen LogP contribution in [0.5, 0.6) is 0 Å². The van der Waals surface area contributed by atoms with Crippen molar-refractivity contribution in [2.45, 2.75) is 11.3 Å². The lowest BCUT2D eigenvalue weighted by Gasteiger charge is -2.20. The molecule has 4 rings (SSSR count). The van der Waals surface area contributed by atoms with Gasteiger partial charge < -0.3 is 4.90 Å². The molecule has 22 heavy (non-hydrogen) atoms. The highest BCUT2D eigenvalue weighted by Gasteiger charge is 2.53. The van der Waals surface area contributed by atoms with Gasteiger partial charge in [0.15, 0.2) is 0 Å². The van der Waals surface area contributed by atoms with E-state index in [0.717, 1.165) is 22.7 Å². The maximum Gasteiger partial charge on any atom is 0.269 e. The molecule has 0 saturated heterocycles. The second-order valence-electron chi connectivity index (χ2n) is 5.44. The van der Waals surface area contributed by atoms with Gasteiger partial charge in [0.1, 0.15) is 5.04 Å². The Labute approximate surface area is 133 Å². The summed E-state index contributed by atoms with van der Waals surface area (Å²) < 4.78 is 0. The van der Waals surface area contributed by atoms with E-state index < -0.39 is 4.87 Å². The molecule has 0 radical (unpaired) electrons. The maximum atomic E-state index is 12.8. The largest absolute Gasteiger partial charge is 0.312 e. The van der Waals surface area contributed by atoms with Gasteiger partial charge in [0, 0.05) is 19.0 Å². The van der Waals surface area contributed by atoms with Crippen LogP contribution in [0.2, 0.25) is 0 Å². The number of carbonyl (C=O) groups excluding carboxylic acids is 1. The first kappa shape index (κ1) is 13.4. The fraction of sp³-hybridized carbons (Fsp3) is 0.176. The van der Waals surface area contributed by atoms with Crippen LogP contribution in [-0.2, 0) is 16.1 Å². The Kier molecular flexibility index (Phi) is 2.97. The summed E-state index contributed by atoms with van der Waals surface area (Å²) >= 11 is 1.52. The van der Waals surface area contributed by atoms with E-state index in [-0.39, 0.29) is 5.91 Å². The highest BCUT2D eigenvalue weighted by Crippen LogP contribution is 2.49. The molecule has 1 amide bonds. The monoisotopic (exact) mass is 309 g/mol. The molecule has 2 aromatic rings. The van der Waals surface area contributed by atoms with Crippen LogP contribution in [0.25, 0.3) is 0 Å². The number of hydrogen-bond donors (Lipinski definition) is 1. The fourth-order valence-electron chi connectivity index (χ4n) is 2.94. The number of thioether (sulfide) groups is 1. The van der Waals surface area contributed by atoms with Gasteiger partial charge in [0.05, 0.1) is 5.69 Å². The first-order valence-corrected chi connectivity index (χ1v) is 7.97. The van der Waals surface area contributed by atoms with E-state index in [1.165, 1.54) is 17.3 Å². The molecule has 0 unspecified atom stereocenters. The summed E-state index contributed by atoms with van der Waals surface area (Å²) in [7, 11) is 1.81. The van der Waals surface area contributed by atoms with Crippen molar-refractivity contribution in [3.8, 4) is 0 Å². The van der Waals surface area contributed by atoms with Crippen LogP contribution in [0.4, 0.5) is 5.69 Å². The third kappa shape index (κ3) is 1.85. The summed E-state index contributed by atoms with van der Waals surface area (Å²) in [5, 5.41) is 5.37. The zero-order valence-corrected chi connectivity index (χ0v) is 12.9. The molecular formula is C17H15N3OS. The van der Waals surface area contributed by atoms with Crippen molar-refractivity contribution in [3.63, 3.8) is 0 Å². The molecule has 1 atom stereocenters. The van der Waals surface area contributed by atoms with Crippen LogP contribution in [0, 0.1) is 0 Å². The summed E-state index contributed by atoms with van der Waals surface area (Å²) in [6.07, 6.45) is 0.736. The number of hydrogen-bond acceptors (Lipinski definition) is 4. The van der Waals surface area contributed by atoms with Gasteiger partial charge in [-0.1, -0.05) is 60.3 Å². The average Bonchev–Trinajstić information content (AvgIpc) is 3.07. The Hall–Kier alpha value is -2.27. The lowest BCUT2D eigenvalue weighted by Crippen LogP contribution is -2.43. The second-order valence-corrected chi connectivity index (χ2v) is 6.73. The van der Waals surface area contributed by atoms with Crippen molar-refractivity contribution in [3.05, 3.63) is 65.7 Å². The maximum absolute atomic E-state index is 12.8. The molecular weight excluding hydrogens is 294 g/mol. The zero-order valence-electron chi connectivity index (χ0n) is 12.1. The number of rotatable bonds is 2. The summed E-state index contributed by atoms with van der Waals surface area (Å²) in [4.78, 5) is 13.7. The van der Waals surface area contributed by atoms with E-state index >= 15 is 0 Å². The molecule has 0 bridgehead atoms. The van der Waals surface area contributed by atoms with Crippen LogP contribution < -0.4 is 10.3 Å². The van der Waals surface area contributed by atoms with E-state index in [9.17, 15) is 4.79 Å². The highest BCUT2D eigenvalue weighted by molar-refractivity contribution is 8.15. The van der Waals surface area contributed by atoms with Crippen LogP contribution in [0.15, 0.2) is 59.7 Å². The summed E-state index contributed by atoms with van der Waals surface area (Å²) in [6.45, 7) is 0. The molecule has 0 aliphatic carbocycles. The average molecular weight is 309 g/mol. The molecule has 0 fully saturated rings. The number of benzene rings is 2. The van der Waals surface area contributed by atoms with Crippen LogP contribution in [0.1, 0.15) is 11.1 Å². The Morgan fingerprint density at radius 1 is 1.14 bits per heavy atom. The van der Waals surface area contributed by atoms with Crippen LogP contribution >= 0.6 is 11.8 Å². The molecule has 5 heteroatoms. The predicted molar refractivity (Wildman–Crippen MR) is 89.8 cm³/mol. The van der Waals surface area contributed by atoms with E-state index in [4.69, 9.17) is 0 Å². The van der Waals surface area contributed by atoms with Gasteiger partial charge >= 0.3 is 0 Å². The molecule has 1 N–H and O–H groups in total. The number of nitrogens with one attached hydrogen (secondary N) is 1. The van der Waals surface area contributed by atoms with Gasteiger partial charge in [0.25, 0.3) is 5.91 Å². The third-order valence-corrected chi connectivity index (χ3v) is 5.32. The van der Waals surface area contributed by atoms with Gasteiger partial charge in [-0.15, -0.1) is 0 Å². The van der Waals surface area contributed by atoms with E-state index in [1.54, 1.807) is 4.90 Å². The molecule has 2 aliphatic rings. The van der Waals surface area contributed by atoms with Gasteiger partial charge in [-0.3, -0.25) is 10.2 Å². The first-order valence-electron chi connectivity index (χ1n) is 7.15. The minimum atomic E-state index is -0.796. The lowest BCUT2D eigenvalue weighted by atomic mass is 10.1. The summed E-state index contributed by atoms with van der Waals surface area (Å²) in [6, 6.07) is 18.1. The topological polar surface area (TPSA) is 44.7 Å². The lowest BCUT2D eigenvalue weighted by molar-refractivity contribution is -0.120. The van der Waals surface area contributed by atoms with E-state index in [2.05, 4.69) is 22.7 Å². The fourth-order valence-corrected chi connectivity index (χ4v) is 4.22. The Bertz CT molecular complexity index is 774. The zero-order chi connectivity index (χ0) is 15.2.